The normalized spacial score (nSPS) is 27.1. The molecule has 0 aromatic carbocycles. The molecule has 1 aliphatic rings. The summed E-state index contributed by atoms with van der Waals surface area (Å²) in [4.78, 5) is 12.6. The second-order valence-corrected chi connectivity index (χ2v) is 3.81. The van der Waals surface area contributed by atoms with E-state index in [1.54, 1.807) is 0 Å². The summed E-state index contributed by atoms with van der Waals surface area (Å²) in [7, 11) is 0. The third-order valence-corrected chi connectivity index (χ3v) is 2.32. The van der Waals surface area contributed by atoms with Gasteiger partial charge in [-0.2, -0.15) is 0 Å². The highest BCUT2D eigenvalue weighted by Gasteiger charge is 2.20. The topological polar surface area (TPSA) is 40.5 Å². The Morgan fingerprint density at radius 1 is 1.80 bits per heavy atom. The molecule has 0 aliphatic carbocycles. The summed E-state index contributed by atoms with van der Waals surface area (Å²) in [6.45, 7) is 1.95. The summed E-state index contributed by atoms with van der Waals surface area (Å²) in [5.41, 5.74) is 0. The molecule has 0 unspecified atom stereocenters. The Morgan fingerprint density at radius 3 is 2.90 bits per heavy atom. The van der Waals surface area contributed by atoms with Gasteiger partial charge in [-0.1, -0.05) is 15.9 Å². The van der Waals surface area contributed by atoms with Gasteiger partial charge in [0.15, 0.2) is 0 Å². The van der Waals surface area contributed by atoms with Gasteiger partial charge in [0.1, 0.15) is 0 Å². The zero-order chi connectivity index (χ0) is 7.56. The third-order valence-electron chi connectivity index (χ3n) is 1.57. The van der Waals surface area contributed by atoms with Crippen molar-refractivity contribution in [3.8, 4) is 0 Å². The van der Waals surface area contributed by atoms with E-state index < -0.39 is 5.97 Å². The largest absolute Gasteiger partial charge is 0.480 e. The molecule has 0 bridgehead atoms. The number of hydrogen-bond donors (Lipinski definition) is 1. The number of hydrogen-bond acceptors (Lipinski definition) is 2. The molecule has 1 rings (SSSR count). The summed E-state index contributed by atoms with van der Waals surface area (Å²) in [5, 5.41) is 8.40. The monoisotopic (exact) mass is 207 g/mol. The first-order valence-corrected chi connectivity index (χ1v) is 4.18. The maximum Gasteiger partial charge on any atom is 0.317 e. The van der Waals surface area contributed by atoms with Crippen molar-refractivity contribution in [2.24, 2.45) is 0 Å². The van der Waals surface area contributed by atoms with Crippen LogP contribution in [0.3, 0.4) is 0 Å². The Hall–Kier alpha value is -0.0900. The lowest BCUT2D eigenvalue weighted by molar-refractivity contribution is -0.138. The number of likely N-dealkylation sites (tertiary alicyclic amines) is 1. The SMILES string of the molecule is O=C(O)CN1CC[C@H](Br)C1. The first kappa shape index (κ1) is 8.01. The lowest BCUT2D eigenvalue weighted by atomic mass is 10.4. The molecule has 0 aromatic rings. The molecule has 1 N–H and O–H groups in total. The Balaban J connectivity index is 2.24. The number of alkyl halides is 1. The number of carbonyl (C=O) groups is 1. The van der Waals surface area contributed by atoms with E-state index in [0.29, 0.717) is 4.83 Å². The number of carboxylic acids is 1. The standard InChI is InChI=1S/C6H10BrNO2/c7-5-1-2-8(3-5)4-6(9)10/h5H,1-4H2,(H,9,10)/t5-/m0/s1. The minimum atomic E-state index is -0.735. The van der Waals surface area contributed by atoms with Gasteiger partial charge in [-0.25, -0.2) is 0 Å². The van der Waals surface area contributed by atoms with Crippen molar-refractivity contribution in [1.29, 1.82) is 0 Å². The predicted molar refractivity (Wildman–Crippen MR) is 41.4 cm³/mol. The van der Waals surface area contributed by atoms with Crippen molar-refractivity contribution in [2.45, 2.75) is 11.2 Å². The molecule has 0 saturated carbocycles. The van der Waals surface area contributed by atoms with Crippen LogP contribution in [-0.2, 0) is 4.79 Å². The van der Waals surface area contributed by atoms with Crippen molar-refractivity contribution in [2.75, 3.05) is 19.6 Å². The molecule has 0 amide bonds. The molecule has 0 radical (unpaired) electrons. The van der Waals surface area contributed by atoms with Gasteiger partial charge in [0, 0.05) is 11.4 Å². The molecule has 1 fully saturated rings. The van der Waals surface area contributed by atoms with Gasteiger partial charge in [0.2, 0.25) is 0 Å². The van der Waals surface area contributed by atoms with Crippen molar-refractivity contribution >= 4 is 21.9 Å². The molecule has 4 heteroatoms. The lowest BCUT2D eigenvalue weighted by Crippen LogP contribution is -2.27. The van der Waals surface area contributed by atoms with Crippen LogP contribution in [-0.4, -0.2) is 40.4 Å². The van der Waals surface area contributed by atoms with E-state index in [4.69, 9.17) is 5.11 Å². The number of halogens is 1. The molecule has 3 nitrogen and oxygen atoms in total. The number of carboxylic acid groups (broad SMARTS) is 1. The second kappa shape index (κ2) is 3.34. The summed E-state index contributed by atoms with van der Waals surface area (Å²) in [5.74, 6) is -0.735. The summed E-state index contributed by atoms with van der Waals surface area (Å²) < 4.78 is 0. The van der Waals surface area contributed by atoms with Crippen LogP contribution in [0.4, 0.5) is 0 Å². The zero-order valence-electron chi connectivity index (χ0n) is 5.59. The first-order valence-electron chi connectivity index (χ1n) is 3.26. The maximum absolute atomic E-state index is 10.2. The molecular formula is C6H10BrNO2. The molecule has 1 heterocycles. The fourth-order valence-electron chi connectivity index (χ4n) is 1.12. The van der Waals surface area contributed by atoms with Crippen LogP contribution in [0, 0.1) is 0 Å². The molecule has 1 atom stereocenters. The zero-order valence-corrected chi connectivity index (χ0v) is 7.17. The van der Waals surface area contributed by atoms with Gasteiger partial charge in [0.05, 0.1) is 6.54 Å². The van der Waals surface area contributed by atoms with Gasteiger partial charge < -0.3 is 5.11 Å². The van der Waals surface area contributed by atoms with Gasteiger partial charge in [0.25, 0.3) is 0 Å². The van der Waals surface area contributed by atoms with E-state index in [0.717, 1.165) is 19.5 Å². The van der Waals surface area contributed by atoms with Crippen LogP contribution in [0.5, 0.6) is 0 Å². The van der Waals surface area contributed by atoms with Crippen LogP contribution in [0.2, 0.25) is 0 Å². The van der Waals surface area contributed by atoms with E-state index in [9.17, 15) is 4.79 Å². The Labute approximate surface area is 68.1 Å². The van der Waals surface area contributed by atoms with Gasteiger partial charge in [-0.3, -0.25) is 9.69 Å². The smallest absolute Gasteiger partial charge is 0.317 e. The minimum Gasteiger partial charge on any atom is -0.480 e. The van der Waals surface area contributed by atoms with Gasteiger partial charge in [-0.15, -0.1) is 0 Å². The third kappa shape index (κ3) is 2.27. The number of aliphatic carboxylic acids is 1. The van der Waals surface area contributed by atoms with Crippen LogP contribution in [0.25, 0.3) is 0 Å². The molecule has 1 saturated heterocycles. The summed E-state index contributed by atoms with van der Waals surface area (Å²) in [6.07, 6.45) is 1.06. The fraction of sp³-hybridized carbons (Fsp3) is 0.833. The quantitative estimate of drug-likeness (QED) is 0.673. The highest BCUT2D eigenvalue weighted by Crippen LogP contribution is 2.15. The van der Waals surface area contributed by atoms with Crippen LogP contribution < -0.4 is 0 Å². The van der Waals surface area contributed by atoms with E-state index in [2.05, 4.69) is 15.9 Å². The van der Waals surface area contributed by atoms with Crippen LogP contribution in [0.15, 0.2) is 0 Å². The van der Waals surface area contributed by atoms with Crippen LogP contribution >= 0.6 is 15.9 Å². The van der Waals surface area contributed by atoms with Gasteiger partial charge in [-0.05, 0) is 13.0 Å². The summed E-state index contributed by atoms with van der Waals surface area (Å²) in [6, 6.07) is 0. The first-order chi connectivity index (χ1) is 4.68. The number of rotatable bonds is 2. The summed E-state index contributed by atoms with van der Waals surface area (Å²) >= 11 is 3.43. The molecule has 1 aliphatic heterocycles. The Kier molecular flexibility index (Phi) is 2.68. The average molecular weight is 208 g/mol. The van der Waals surface area contributed by atoms with Crippen molar-refractivity contribution in [3.05, 3.63) is 0 Å². The minimum absolute atomic E-state index is 0.183. The van der Waals surface area contributed by atoms with E-state index in [1.165, 1.54) is 0 Å². The van der Waals surface area contributed by atoms with Crippen molar-refractivity contribution < 1.29 is 9.90 Å². The van der Waals surface area contributed by atoms with Crippen molar-refractivity contribution in [3.63, 3.8) is 0 Å². The fourth-order valence-corrected chi connectivity index (χ4v) is 1.73. The van der Waals surface area contributed by atoms with Crippen molar-refractivity contribution in [1.82, 2.24) is 4.90 Å². The van der Waals surface area contributed by atoms with E-state index in [-0.39, 0.29) is 6.54 Å². The molecule has 58 valence electrons. The highest BCUT2D eigenvalue weighted by atomic mass is 79.9. The molecule has 10 heavy (non-hydrogen) atoms. The number of nitrogens with zero attached hydrogens (tertiary/aromatic N) is 1. The average Bonchev–Trinajstić information content (AvgIpc) is 2.13. The van der Waals surface area contributed by atoms with Gasteiger partial charge >= 0.3 is 5.97 Å². The second-order valence-electron chi connectivity index (χ2n) is 2.51. The van der Waals surface area contributed by atoms with Crippen LogP contribution in [0.1, 0.15) is 6.42 Å². The molecular weight excluding hydrogens is 198 g/mol. The highest BCUT2D eigenvalue weighted by molar-refractivity contribution is 9.09. The van der Waals surface area contributed by atoms with E-state index in [1.807, 2.05) is 4.90 Å². The predicted octanol–water partition coefficient (Wildman–Crippen LogP) is 0.540. The maximum atomic E-state index is 10.2. The Bertz CT molecular complexity index is 140. The Morgan fingerprint density at radius 2 is 2.50 bits per heavy atom. The molecule has 0 aromatic heterocycles. The van der Waals surface area contributed by atoms with E-state index >= 15 is 0 Å². The lowest BCUT2D eigenvalue weighted by Gasteiger charge is -2.09. The molecule has 0 spiro atoms.